The fourth-order valence-electron chi connectivity index (χ4n) is 2.91. The summed E-state index contributed by atoms with van der Waals surface area (Å²) in [4.78, 5) is 28.2. The molecule has 1 saturated heterocycles. The van der Waals surface area contributed by atoms with E-state index in [4.69, 9.17) is 0 Å². The minimum Gasteiger partial charge on any atom is -0.339 e. The lowest BCUT2D eigenvalue weighted by Crippen LogP contribution is -2.51. The van der Waals surface area contributed by atoms with Crippen molar-refractivity contribution in [1.82, 2.24) is 9.80 Å². The maximum atomic E-state index is 12.3. The van der Waals surface area contributed by atoms with Crippen molar-refractivity contribution >= 4 is 11.8 Å². The normalized spacial score (nSPS) is 16.3. The van der Waals surface area contributed by atoms with Crippen LogP contribution in [0.1, 0.15) is 38.7 Å². The van der Waals surface area contributed by atoms with E-state index in [0.717, 1.165) is 19.3 Å². The van der Waals surface area contributed by atoms with Crippen LogP contribution >= 0.6 is 0 Å². The van der Waals surface area contributed by atoms with Crippen molar-refractivity contribution < 1.29 is 9.59 Å². The van der Waals surface area contributed by atoms with Gasteiger partial charge < -0.3 is 9.80 Å². The number of hydrogen-bond donors (Lipinski definition) is 0. The van der Waals surface area contributed by atoms with E-state index in [1.807, 2.05) is 41.8 Å². The van der Waals surface area contributed by atoms with E-state index in [0.29, 0.717) is 32.6 Å². The van der Waals surface area contributed by atoms with Crippen LogP contribution in [0.3, 0.4) is 0 Å². The van der Waals surface area contributed by atoms with E-state index in [-0.39, 0.29) is 17.7 Å². The molecule has 126 valence electrons. The molecule has 1 fully saturated rings. The number of benzene rings is 1. The SMILES string of the molecule is CC[C@@H](C)C(=O)N1CCN(C(=O)CCCc2ccccc2)CC1. The van der Waals surface area contributed by atoms with Crippen LogP contribution in [0, 0.1) is 5.92 Å². The summed E-state index contributed by atoms with van der Waals surface area (Å²) in [5, 5.41) is 0. The van der Waals surface area contributed by atoms with Crippen molar-refractivity contribution in [3.05, 3.63) is 35.9 Å². The summed E-state index contributed by atoms with van der Waals surface area (Å²) in [6.45, 7) is 6.71. The van der Waals surface area contributed by atoms with E-state index in [2.05, 4.69) is 12.1 Å². The quantitative estimate of drug-likeness (QED) is 0.809. The number of rotatable bonds is 6. The second-order valence-corrected chi connectivity index (χ2v) is 6.35. The Hall–Kier alpha value is -1.84. The standard InChI is InChI=1S/C19H28N2O2/c1-3-16(2)19(23)21-14-12-20(13-15-21)18(22)11-7-10-17-8-5-4-6-9-17/h4-6,8-9,16H,3,7,10-15H2,1-2H3/t16-/m1/s1. The third-order valence-electron chi connectivity index (χ3n) is 4.68. The minimum absolute atomic E-state index is 0.0862. The number of nitrogens with zero attached hydrogens (tertiary/aromatic N) is 2. The zero-order chi connectivity index (χ0) is 16.7. The molecule has 1 aromatic rings. The van der Waals surface area contributed by atoms with Crippen LogP contribution in [0.15, 0.2) is 30.3 Å². The average molecular weight is 316 g/mol. The third-order valence-corrected chi connectivity index (χ3v) is 4.68. The first-order valence-electron chi connectivity index (χ1n) is 8.72. The summed E-state index contributed by atoms with van der Waals surface area (Å²) >= 11 is 0. The van der Waals surface area contributed by atoms with Crippen molar-refractivity contribution in [2.45, 2.75) is 39.5 Å². The molecule has 0 N–H and O–H groups in total. The lowest BCUT2D eigenvalue weighted by Gasteiger charge is -2.36. The van der Waals surface area contributed by atoms with Gasteiger partial charge in [-0.3, -0.25) is 9.59 Å². The van der Waals surface area contributed by atoms with Crippen LogP contribution in [0.25, 0.3) is 0 Å². The molecule has 1 atom stereocenters. The molecule has 0 bridgehead atoms. The lowest BCUT2D eigenvalue weighted by molar-refractivity contribution is -0.141. The van der Waals surface area contributed by atoms with Gasteiger partial charge in [0, 0.05) is 38.5 Å². The van der Waals surface area contributed by atoms with E-state index >= 15 is 0 Å². The minimum atomic E-state index is 0.0862. The molecule has 2 rings (SSSR count). The molecule has 4 heteroatoms. The molecule has 4 nitrogen and oxygen atoms in total. The van der Waals surface area contributed by atoms with Crippen LogP contribution in [0.4, 0.5) is 0 Å². The zero-order valence-electron chi connectivity index (χ0n) is 14.3. The van der Waals surface area contributed by atoms with E-state index in [1.165, 1.54) is 5.56 Å². The smallest absolute Gasteiger partial charge is 0.225 e. The van der Waals surface area contributed by atoms with Gasteiger partial charge in [-0.05, 0) is 24.8 Å². The predicted octanol–water partition coefficient (Wildman–Crippen LogP) is 2.73. The molecular weight excluding hydrogens is 288 g/mol. The Bertz CT molecular complexity index is 507. The van der Waals surface area contributed by atoms with Gasteiger partial charge in [-0.15, -0.1) is 0 Å². The summed E-state index contributed by atoms with van der Waals surface area (Å²) < 4.78 is 0. The molecule has 1 aromatic carbocycles. The molecule has 1 heterocycles. The lowest BCUT2D eigenvalue weighted by atomic mass is 10.1. The van der Waals surface area contributed by atoms with Gasteiger partial charge in [0.15, 0.2) is 0 Å². The predicted molar refractivity (Wildman–Crippen MR) is 92.0 cm³/mol. The molecular formula is C19H28N2O2. The molecule has 0 aromatic heterocycles. The van der Waals surface area contributed by atoms with Gasteiger partial charge in [0.1, 0.15) is 0 Å². The first-order valence-corrected chi connectivity index (χ1v) is 8.72. The van der Waals surface area contributed by atoms with Crippen LogP contribution in [-0.4, -0.2) is 47.8 Å². The Morgan fingerprint density at radius 2 is 1.65 bits per heavy atom. The average Bonchev–Trinajstić information content (AvgIpc) is 2.61. The fourth-order valence-corrected chi connectivity index (χ4v) is 2.91. The van der Waals surface area contributed by atoms with Crippen LogP contribution in [0.5, 0.6) is 0 Å². The van der Waals surface area contributed by atoms with E-state index < -0.39 is 0 Å². The number of aryl methyl sites for hydroxylation is 1. The van der Waals surface area contributed by atoms with Crippen molar-refractivity contribution in [1.29, 1.82) is 0 Å². The van der Waals surface area contributed by atoms with Crippen LogP contribution in [-0.2, 0) is 16.0 Å². The Morgan fingerprint density at radius 1 is 1.04 bits per heavy atom. The number of hydrogen-bond acceptors (Lipinski definition) is 2. The highest BCUT2D eigenvalue weighted by molar-refractivity contribution is 5.79. The monoisotopic (exact) mass is 316 g/mol. The van der Waals surface area contributed by atoms with Crippen molar-refractivity contribution in [2.24, 2.45) is 5.92 Å². The van der Waals surface area contributed by atoms with E-state index in [1.54, 1.807) is 0 Å². The fraction of sp³-hybridized carbons (Fsp3) is 0.579. The second-order valence-electron chi connectivity index (χ2n) is 6.35. The van der Waals surface area contributed by atoms with Crippen molar-refractivity contribution in [3.63, 3.8) is 0 Å². The van der Waals surface area contributed by atoms with Gasteiger partial charge in [0.05, 0.1) is 0 Å². The maximum Gasteiger partial charge on any atom is 0.225 e. The maximum absolute atomic E-state index is 12.3. The molecule has 1 aliphatic heterocycles. The van der Waals surface area contributed by atoms with Gasteiger partial charge in [0.2, 0.25) is 11.8 Å². The summed E-state index contributed by atoms with van der Waals surface area (Å²) in [6.07, 6.45) is 3.29. The Labute approximate surface area is 139 Å². The summed E-state index contributed by atoms with van der Waals surface area (Å²) in [5.74, 6) is 0.531. The molecule has 0 spiro atoms. The van der Waals surface area contributed by atoms with Crippen LogP contribution in [0.2, 0.25) is 0 Å². The molecule has 0 radical (unpaired) electrons. The highest BCUT2D eigenvalue weighted by atomic mass is 16.2. The number of piperazine rings is 1. The molecule has 0 unspecified atom stereocenters. The highest BCUT2D eigenvalue weighted by Gasteiger charge is 2.25. The van der Waals surface area contributed by atoms with Gasteiger partial charge in [-0.1, -0.05) is 44.2 Å². The molecule has 23 heavy (non-hydrogen) atoms. The Morgan fingerprint density at radius 3 is 2.26 bits per heavy atom. The first-order chi connectivity index (χ1) is 11.1. The van der Waals surface area contributed by atoms with Crippen molar-refractivity contribution in [2.75, 3.05) is 26.2 Å². The third kappa shape index (κ3) is 5.08. The molecule has 2 amide bonds. The zero-order valence-corrected chi connectivity index (χ0v) is 14.3. The molecule has 1 aliphatic rings. The first kappa shape index (κ1) is 17.5. The van der Waals surface area contributed by atoms with Gasteiger partial charge in [0.25, 0.3) is 0 Å². The highest BCUT2D eigenvalue weighted by Crippen LogP contribution is 2.12. The number of carbonyl (C=O) groups excluding carboxylic acids is 2. The van der Waals surface area contributed by atoms with Gasteiger partial charge >= 0.3 is 0 Å². The summed E-state index contributed by atoms with van der Waals surface area (Å²) in [5.41, 5.74) is 1.28. The summed E-state index contributed by atoms with van der Waals surface area (Å²) in [7, 11) is 0. The largest absolute Gasteiger partial charge is 0.339 e. The van der Waals surface area contributed by atoms with Gasteiger partial charge in [-0.25, -0.2) is 0 Å². The van der Waals surface area contributed by atoms with Gasteiger partial charge in [-0.2, -0.15) is 0 Å². The number of amides is 2. The topological polar surface area (TPSA) is 40.6 Å². The summed E-state index contributed by atoms with van der Waals surface area (Å²) in [6, 6.07) is 10.3. The Kier molecular flexibility index (Phi) is 6.63. The van der Waals surface area contributed by atoms with E-state index in [9.17, 15) is 9.59 Å². The number of carbonyl (C=O) groups is 2. The molecule has 0 saturated carbocycles. The van der Waals surface area contributed by atoms with Crippen molar-refractivity contribution in [3.8, 4) is 0 Å². The molecule has 0 aliphatic carbocycles. The van der Waals surface area contributed by atoms with Crippen LogP contribution < -0.4 is 0 Å². The Balaban J connectivity index is 1.70. The second kappa shape index (κ2) is 8.70.